The van der Waals surface area contributed by atoms with Crippen LogP contribution in [0.1, 0.15) is 20.3 Å². The maximum absolute atomic E-state index is 9.05. The van der Waals surface area contributed by atoms with Crippen molar-refractivity contribution < 1.29 is 9.76 Å². The van der Waals surface area contributed by atoms with Crippen molar-refractivity contribution in [2.45, 2.75) is 20.3 Å². The molecule has 0 spiro atoms. The molecule has 14 heavy (non-hydrogen) atoms. The van der Waals surface area contributed by atoms with Crippen molar-refractivity contribution >= 4 is 12.9 Å². The average molecular weight is 192 g/mol. The topological polar surface area (TPSA) is 29.5 Å². The van der Waals surface area contributed by atoms with Crippen LogP contribution in [-0.2, 0) is 0 Å². The van der Waals surface area contributed by atoms with E-state index in [1.165, 1.54) is 0 Å². The molecule has 0 aliphatic heterocycles. The van der Waals surface area contributed by atoms with Gasteiger partial charge >= 0.3 is 7.48 Å². The quantitative estimate of drug-likeness (QED) is 0.707. The number of hydrogen-bond acceptors (Lipinski definition) is 2. The molecule has 0 saturated heterocycles. The zero-order valence-electron chi connectivity index (χ0n) is 8.86. The van der Waals surface area contributed by atoms with E-state index in [0.717, 1.165) is 17.6 Å². The zero-order chi connectivity index (χ0) is 10.4. The van der Waals surface area contributed by atoms with E-state index in [4.69, 9.17) is 9.76 Å². The summed E-state index contributed by atoms with van der Waals surface area (Å²) in [6.45, 7) is 5.05. The molecule has 0 fully saturated rings. The first-order chi connectivity index (χ1) is 6.74. The summed E-state index contributed by atoms with van der Waals surface area (Å²) in [5.41, 5.74) is 0.858. The molecule has 0 bridgehead atoms. The van der Waals surface area contributed by atoms with Crippen molar-refractivity contribution in [3.05, 3.63) is 24.3 Å². The first-order valence-corrected chi connectivity index (χ1v) is 5.05. The SMILES string of the molecule is CC(C)CCOc1ccccc1BO. The van der Waals surface area contributed by atoms with Crippen LogP contribution in [-0.4, -0.2) is 19.1 Å². The van der Waals surface area contributed by atoms with Crippen molar-refractivity contribution in [1.82, 2.24) is 0 Å². The molecule has 0 radical (unpaired) electrons. The van der Waals surface area contributed by atoms with Gasteiger partial charge in [0.15, 0.2) is 0 Å². The molecule has 0 aromatic heterocycles. The molecule has 3 heteroatoms. The lowest BCUT2D eigenvalue weighted by Gasteiger charge is -2.10. The first-order valence-electron chi connectivity index (χ1n) is 5.05. The highest BCUT2D eigenvalue weighted by molar-refractivity contribution is 6.46. The van der Waals surface area contributed by atoms with Crippen LogP contribution in [0.2, 0.25) is 0 Å². The molecule has 0 saturated carbocycles. The second-order valence-corrected chi connectivity index (χ2v) is 3.80. The molecule has 0 atom stereocenters. The van der Waals surface area contributed by atoms with Gasteiger partial charge in [0.2, 0.25) is 0 Å². The Morgan fingerprint density at radius 2 is 2.07 bits per heavy atom. The summed E-state index contributed by atoms with van der Waals surface area (Å²) < 4.78 is 5.58. The fourth-order valence-corrected chi connectivity index (χ4v) is 1.18. The maximum Gasteiger partial charge on any atom is 0.308 e. The molecule has 0 aliphatic rings. The Kier molecular flexibility index (Phi) is 4.53. The third-order valence-corrected chi connectivity index (χ3v) is 2.10. The zero-order valence-corrected chi connectivity index (χ0v) is 8.86. The van der Waals surface area contributed by atoms with Gasteiger partial charge in [0, 0.05) is 0 Å². The van der Waals surface area contributed by atoms with E-state index in [2.05, 4.69) is 13.8 Å². The number of ether oxygens (including phenoxy) is 1. The first kappa shape index (κ1) is 11.1. The van der Waals surface area contributed by atoms with E-state index >= 15 is 0 Å². The predicted molar refractivity (Wildman–Crippen MR) is 60.4 cm³/mol. The third kappa shape index (κ3) is 3.42. The monoisotopic (exact) mass is 192 g/mol. The average Bonchev–Trinajstić information content (AvgIpc) is 2.18. The molecule has 2 nitrogen and oxygen atoms in total. The summed E-state index contributed by atoms with van der Waals surface area (Å²) >= 11 is 0. The van der Waals surface area contributed by atoms with Crippen LogP contribution in [0.4, 0.5) is 0 Å². The van der Waals surface area contributed by atoms with Crippen molar-refractivity contribution in [3.63, 3.8) is 0 Å². The minimum atomic E-state index is 0.0395. The van der Waals surface area contributed by atoms with Crippen molar-refractivity contribution in [1.29, 1.82) is 0 Å². The summed E-state index contributed by atoms with van der Waals surface area (Å²) in [4.78, 5) is 0. The van der Waals surface area contributed by atoms with E-state index in [0.29, 0.717) is 12.5 Å². The van der Waals surface area contributed by atoms with E-state index in [1.807, 2.05) is 24.3 Å². The number of hydrogen-bond donors (Lipinski definition) is 1. The van der Waals surface area contributed by atoms with Gasteiger partial charge in [-0.3, -0.25) is 0 Å². The van der Waals surface area contributed by atoms with Gasteiger partial charge in [-0.1, -0.05) is 32.0 Å². The Morgan fingerprint density at radius 1 is 1.36 bits per heavy atom. The van der Waals surface area contributed by atoms with E-state index in [1.54, 1.807) is 0 Å². The van der Waals surface area contributed by atoms with Gasteiger partial charge in [-0.25, -0.2) is 0 Å². The van der Waals surface area contributed by atoms with Crippen molar-refractivity contribution in [2.24, 2.45) is 5.92 Å². The summed E-state index contributed by atoms with van der Waals surface area (Å²) in [7, 11) is 0.0395. The van der Waals surface area contributed by atoms with E-state index < -0.39 is 0 Å². The van der Waals surface area contributed by atoms with Crippen LogP contribution >= 0.6 is 0 Å². The molecule has 1 aromatic rings. The second-order valence-electron chi connectivity index (χ2n) is 3.80. The van der Waals surface area contributed by atoms with Gasteiger partial charge < -0.3 is 9.76 Å². The van der Waals surface area contributed by atoms with Crippen LogP contribution in [0.15, 0.2) is 24.3 Å². The van der Waals surface area contributed by atoms with Crippen LogP contribution in [0, 0.1) is 5.92 Å². The fraction of sp³-hybridized carbons (Fsp3) is 0.455. The lowest BCUT2D eigenvalue weighted by Crippen LogP contribution is -2.17. The molecule has 76 valence electrons. The molecule has 0 amide bonds. The van der Waals surface area contributed by atoms with E-state index in [-0.39, 0.29) is 7.48 Å². The summed E-state index contributed by atoms with van der Waals surface area (Å²) in [6.07, 6.45) is 1.04. The molecule has 0 unspecified atom stereocenters. The Bertz CT molecular complexity index is 274. The minimum absolute atomic E-state index is 0.0395. The molecule has 1 rings (SSSR count). The smallest absolute Gasteiger partial charge is 0.308 e. The standard InChI is InChI=1S/C11H17BO2/c1-9(2)7-8-14-11-6-4-3-5-10(11)12-13/h3-6,9,12-13H,7-8H2,1-2H3. The molecular weight excluding hydrogens is 175 g/mol. The minimum Gasteiger partial charge on any atom is -0.494 e. The highest BCUT2D eigenvalue weighted by Crippen LogP contribution is 2.07. The van der Waals surface area contributed by atoms with Gasteiger partial charge in [-0.2, -0.15) is 0 Å². The third-order valence-electron chi connectivity index (χ3n) is 2.10. The van der Waals surface area contributed by atoms with Crippen LogP contribution in [0.5, 0.6) is 5.75 Å². The number of benzene rings is 1. The molecule has 1 N–H and O–H groups in total. The Hall–Kier alpha value is -0.955. The lowest BCUT2D eigenvalue weighted by molar-refractivity contribution is 0.291. The maximum atomic E-state index is 9.05. The van der Waals surface area contributed by atoms with Crippen molar-refractivity contribution in [3.8, 4) is 5.75 Å². The Labute approximate surface area is 86.2 Å². The van der Waals surface area contributed by atoms with Gasteiger partial charge in [0.05, 0.1) is 6.61 Å². The lowest BCUT2D eigenvalue weighted by atomic mass is 9.88. The highest BCUT2D eigenvalue weighted by Gasteiger charge is 2.02. The van der Waals surface area contributed by atoms with Crippen LogP contribution < -0.4 is 10.2 Å². The van der Waals surface area contributed by atoms with Gasteiger partial charge in [0.1, 0.15) is 5.75 Å². The van der Waals surface area contributed by atoms with Crippen LogP contribution in [0.3, 0.4) is 0 Å². The van der Waals surface area contributed by atoms with Crippen molar-refractivity contribution in [2.75, 3.05) is 6.61 Å². The predicted octanol–water partition coefficient (Wildman–Crippen LogP) is 1.08. The highest BCUT2D eigenvalue weighted by atomic mass is 16.5. The van der Waals surface area contributed by atoms with Crippen LogP contribution in [0.25, 0.3) is 0 Å². The Morgan fingerprint density at radius 3 is 2.71 bits per heavy atom. The molecule has 1 aromatic carbocycles. The number of para-hydroxylation sites is 1. The summed E-state index contributed by atoms with van der Waals surface area (Å²) in [5, 5.41) is 9.05. The molecular formula is C11H17BO2. The largest absolute Gasteiger partial charge is 0.494 e. The normalized spacial score (nSPS) is 10.3. The summed E-state index contributed by atoms with van der Waals surface area (Å²) in [6, 6.07) is 7.60. The second kappa shape index (κ2) is 5.71. The fourth-order valence-electron chi connectivity index (χ4n) is 1.18. The Balaban J connectivity index is 2.49. The van der Waals surface area contributed by atoms with Gasteiger partial charge in [-0.05, 0) is 23.9 Å². The summed E-state index contributed by atoms with van der Waals surface area (Å²) in [5.74, 6) is 1.45. The molecule has 0 heterocycles. The van der Waals surface area contributed by atoms with E-state index in [9.17, 15) is 0 Å². The number of rotatable bonds is 5. The van der Waals surface area contributed by atoms with Gasteiger partial charge in [-0.15, -0.1) is 0 Å². The molecule has 0 aliphatic carbocycles. The van der Waals surface area contributed by atoms with Gasteiger partial charge in [0.25, 0.3) is 0 Å².